The average Bonchev–Trinajstić information content (AvgIpc) is 1.84. The van der Waals surface area contributed by atoms with E-state index in [0.29, 0.717) is 12.8 Å². The van der Waals surface area contributed by atoms with E-state index in [2.05, 4.69) is 0 Å². The van der Waals surface area contributed by atoms with Gasteiger partial charge in [-0.15, -0.1) is 0 Å². The Morgan fingerprint density at radius 3 is 2.64 bits per heavy atom. The zero-order chi connectivity index (χ0) is 8.43. The summed E-state index contributed by atoms with van der Waals surface area (Å²) in [4.78, 5) is 10.5. The largest absolute Gasteiger partial charge is 0.393 e. The van der Waals surface area contributed by atoms with Crippen LogP contribution in [0.15, 0.2) is 0 Å². The maximum absolute atomic E-state index is 10.5. The van der Waals surface area contributed by atoms with Crippen molar-refractivity contribution in [3.63, 3.8) is 0 Å². The summed E-state index contributed by atoms with van der Waals surface area (Å²) in [6.45, 7) is 1.62. The van der Waals surface area contributed by atoms with Crippen LogP contribution in [0.5, 0.6) is 0 Å². The molecule has 0 aromatic heterocycles. The first-order chi connectivity index (χ1) is 5.09. The van der Waals surface area contributed by atoms with Gasteiger partial charge in [-0.2, -0.15) is 0 Å². The molecular weight excluding hydrogens is 146 g/mol. The molecule has 0 radical (unpaired) electrons. The molecule has 0 aromatic rings. The summed E-state index contributed by atoms with van der Waals surface area (Å²) in [7, 11) is 0. The molecule has 1 aliphatic rings. The first-order valence-electron chi connectivity index (χ1n) is 3.72. The second-order valence-corrected chi connectivity index (χ2v) is 2.93. The van der Waals surface area contributed by atoms with Crippen LogP contribution in [-0.4, -0.2) is 29.3 Å². The van der Waals surface area contributed by atoms with E-state index in [1.165, 1.54) is 0 Å². The van der Waals surface area contributed by atoms with Crippen LogP contribution < -0.4 is 5.73 Å². The summed E-state index contributed by atoms with van der Waals surface area (Å²) in [5.41, 5.74) is 4.97. The molecule has 1 atom stereocenters. The number of aliphatic hydroxyl groups excluding tert-OH is 1. The van der Waals surface area contributed by atoms with Crippen LogP contribution in [0.2, 0.25) is 0 Å². The molecule has 1 saturated carbocycles. The average molecular weight is 159 g/mol. The number of carbonyl (C=O) groups excluding carboxylic acids is 1. The minimum Gasteiger partial charge on any atom is -0.393 e. The first-order valence-corrected chi connectivity index (χ1v) is 3.72. The summed E-state index contributed by atoms with van der Waals surface area (Å²) < 4.78 is 5.18. The predicted octanol–water partition coefficient (Wildman–Crippen LogP) is -0.600. The predicted molar refractivity (Wildman–Crippen MR) is 38.8 cm³/mol. The summed E-state index contributed by atoms with van der Waals surface area (Å²) in [5, 5.41) is 8.87. The zero-order valence-corrected chi connectivity index (χ0v) is 6.49. The number of hydrogen-bond donors (Lipinski definition) is 2. The SMILES string of the molecule is CC(OC1CC(O)C1)C(N)=O. The number of rotatable bonds is 3. The van der Waals surface area contributed by atoms with Crippen LogP contribution >= 0.6 is 0 Å². The van der Waals surface area contributed by atoms with E-state index >= 15 is 0 Å². The van der Waals surface area contributed by atoms with Gasteiger partial charge in [0.05, 0.1) is 12.2 Å². The van der Waals surface area contributed by atoms with Crippen molar-refractivity contribution >= 4 is 5.91 Å². The van der Waals surface area contributed by atoms with E-state index in [4.69, 9.17) is 15.6 Å². The minimum atomic E-state index is -0.535. The lowest BCUT2D eigenvalue weighted by atomic mass is 9.92. The van der Waals surface area contributed by atoms with Gasteiger partial charge in [0.25, 0.3) is 0 Å². The molecule has 0 aromatic carbocycles. The highest BCUT2D eigenvalue weighted by Gasteiger charge is 2.30. The van der Waals surface area contributed by atoms with Gasteiger partial charge in [-0.1, -0.05) is 0 Å². The first kappa shape index (κ1) is 8.49. The number of carbonyl (C=O) groups is 1. The molecule has 0 spiro atoms. The Labute approximate surface area is 65.3 Å². The molecule has 0 heterocycles. The Bertz CT molecular complexity index is 154. The fraction of sp³-hybridized carbons (Fsp3) is 0.857. The summed E-state index contributed by atoms with van der Waals surface area (Å²) in [6, 6.07) is 0. The molecule has 1 amide bonds. The van der Waals surface area contributed by atoms with E-state index in [1.807, 2.05) is 0 Å². The molecule has 1 aliphatic carbocycles. The normalized spacial score (nSPS) is 32.5. The van der Waals surface area contributed by atoms with Crippen LogP contribution in [0.25, 0.3) is 0 Å². The second kappa shape index (κ2) is 3.19. The molecule has 11 heavy (non-hydrogen) atoms. The van der Waals surface area contributed by atoms with Crippen molar-refractivity contribution in [2.45, 2.75) is 38.1 Å². The second-order valence-electron chi connectivity index (χ2n) is 2.93. The maximum Gasteiger partial charge on any atom is 0.246 e. The highest BCUT2D eigenvalue weighted by atomic mass is 16.5. The van der Waals surface area contributed by atoms with Crippen molar-refractivity contribution in [2.24, 2.45) is 5.73 Å². The van der Waals surface area contributed by atoms with Gasteiger partial charge in [0.1, 0.15) is 6.10 Å². The van der Waals surface area contributed by atoms with Crippen LogP contribution in [0, 0.1) is 0 Å². The molecule has 0 aliphatic heterocycles. The molecule has 3 N–H and O–H groups in total. The standard InChI is InChI=1S/C7H13NO3/c1-4(7(8)10)11-6-2-5(9)3-6/h4-6,9H,2-3H2,1H3,(H2,8,10). The van der Waals surface area contributed by atoms with E-state index in [9.17, 15) is 4.79 Å². The smallest absolute Gasteiger partial charge is 0.246 e. The lowest BCUT2D eigenvalue weighted by Gasteiger charge is -2.32. The third-order valence-corrected chi connectivity index (χ3v) is 1.87. The number of ether oxygens (including phenoxy) is 1. The van der Waals surface area contributed by atoms with Crippen molar-refractivity contribution < 1.29 is 14.6 Å². The van der Waals surface area contributed by atoms with Crippen LogP contribution in [0.4, 0.5) is 0 Å². The molecular formula is C7H13NO3. The van der Waals surface area contributed by atoms with E-state index < -0.39 is 12.0 Å². The summed E-state index contributed by atoms with van der Waals surface area (Å²) in [6.07, 6.45) is 0.481. The number of primary amides is 1. The Morgan fingerprint density at radius 2 is 2.27 bits per heavy atom. The highest BCUT2D eigenvalue weighted by molar-refractivity contribution is 5.78. The Balaban J connectivity index is 2.16. The lowest BCUT2D eigenvalue weighted by Crippen LogP contribution is -2.41. The maximum atomic E-state index is 10.5. The molecule has 0 saturated heterocycles. The zero-order valence-electron chi connectivity index (χ0n) is 6.49. The van der Waals surface area contributed by atoms with Crippen molar-refractivity contribution in [3.8, 4) is 0 Å². The van der Waals surface area contributed by atoms with Crippen molar-refractivity contribution in [1.29, 1.82) is 0 Å². The van der Waals surface area contributed by atoms with E-state index in [1.54, 1.807) is 6.92 Å². The van der Waals surface area contributed by atoms with E-state index in [-0.39, 0.29) is 12.2 Å². The number of nitrogens with two attached hydrogens (primary N) is 1. The molecule has 0 bridgehead atoms. The molecule has 1 fully saturated rings. The Kier molecular flexibility index (Phi) is 2.46. The molecule has 4 nitrogen and oxygen atoms in total. The number of aliphatic hydroxyl groups is 1. The molecule has 64 valence electrons. The Morgan fingerprint density at radius 1 is 1.73 bits per heavy atom. The van der Waals surface area contributed by atoms with Crippen LogP contribution in [0.1, 0.15) is 19.8 Å². The van der Waals surface area contributed by atoms with Gasteiger partial charge in [0.2, 0.25) is 5.91 Å². The van der Waals surface area contributed by atoms with Crippen molar-refractivity contribution in [1.82, 2.24) is 0 Å². The molecule has 4 heteroatoms. The summed E-state index contributed by atoms with van der Waals surface area (Å²) >= 11 is 0. The molecule has 1 unspecified atom stereocenters. The summed E-state index contributed by atoms with van der Waals surface area (Å²) in [5.74, 6) is -0.452. The van der Waals surface area contributed by atoms with Gasteiger partial charge >= 0.3 is 0 Å². The van der Waals surface area contributed by atoms with Crippen LogP contribution in [-0.2, 0) is 9.53 Å². The van der Waals surface area contributed by atoms with Gasteiger partial charge in [-0.25, -0.2) is 0 Å². The van der Waals surface area contributed by atoms with Gasteiger partial charge < -0.3 is 15.6 Å². The van der Waals surface area contributed by atoms with Gasteiger partial charge in [0.15, 0.2) is 0 Å². The molecule has 1 rings (SSSR count). The lowest BCUT2D eigenvalue weighted by molar-refractivity contribution is -0.142. The minimum absolute atomic E-state index is 0.0208. The van der Waals surface area contributed by atoms with Gasteiger partial charge in [-0.05, 0) is 19.8 Å². The highest BCUT2D eigenvalue weighted by Crippen LogP contribution is 2.23. The van der Waals surface area contributed by atoms with Crippen molar-refractivity contribution in [2.75, 3.05) is 0 Å². The van der Waals surface area contributed by atoms with E-state index in [0.717, 1.165) is 0 Å². The third-order valence-electron chi connectivity index (χ3n) is 1.87. The number of amides is 1. The fourth-order valence-corrected chi connectivity index (χ4v) is 1.00. The van der Waals surface area contributed by atoms with Gasteiger partial charge in [-0.3, -0.25) is 4.79 Å². The topological polar surface area (TPSA) is 72.6 Å². The fourth-order valence-electron chi connectivity index (χ4n) is 1.00. The quantitative estimate of drug-likeness (QED) is 0.577. The number of hydrogen-bond acceptors (Lipinski definition) is 3. The third kappa shape index (κ3) is 2.17. The Hall–Kier alpha value is -0.610. The van der Waals surface area contributed by atoms with Gasteiger partial charge in [0, 0.05) is 0 Å². The monoisotopic (exact) mass is 159 g/mol. The van der Waals surface area contributed by atoms with Crippen LogP contribution in [0.3, 0.4) is 0 Å². The van der Waals surface area contributed by atoms with Crippen molar-refractivity contribution in [3.05, 3.63) is 0 Å².